The lowest BCUT2D eigenvalue weighted by molar-refractivity contribution is -0.167. The molecular weight excluding hydrogens is 769 g/mol. The Morgan fingerprint density at radius 2 is 0.468 bits per heavy atom. The average Bonchev–Trinajstić information content (AvgIpc) is 3.23. The molecule has 0 fully saturated rings. The fourth-order valence-electron chi connectivity index (χ4n) is 8.47. The molecule has 1 atom stereocenters. The second-order valence-corrected chi connectivity index (χ2v) is 20.6. The highest BCUT2D eigenvalue weighted by Crippen LogP contribution is 2.18. The van der Waals surface area contributed by atoms with Gasteiger partial charge >= 0.3 is 17.9 Å². The minimum Gasteiger partial charge on any atom is -0.462 e. The number of ether oxygens (including phenoxy) is 3. The third kappa shape index (κ3) is 49.4. The van der Waals surface area contributed by atoms with E-state index in [9.17, 15) is 14.4 Å². The van der Waals surface area contributed by atoms with Crippen LogP contribution in [-0.2, 0) is 28.6 Å². The Morgan fingerprint density at radius 3 is 0.694 bits per heavy atom. The molecule has 0 bridgehead atoms. The van der Waals surface area contributed by atoms with Crippen molar-refractivity contribution in [3.8, 4) is 0 Å². The van der Waals surface area contributed by atoms with Gasteiger partial charge in [-0.3, -0.25) is 14.4 Å². The van der Waals surface area contributed by atoms with E-state index in [0.717, 1.165) is 75.5 Å². The van der Waals surface area contributed by atoms with Crippen molar-refractivity contribution in [2.45, 2.75) is 311 Å². The first kappa shape index (κ1) is 60.4. The Kier molecular flexibility index (Phi) is 46.2. The van der Waals surface area contributed by atoms with E-state index in [0.29, 0.717) is 19.3 Å². The van der Waals surface area contributed by atoms with Gasteiger partial charge in [-0.25, -0.2) is 0 Å². The van der Waals surface area contributed by atoms with Gasteiger partial charge in [-0.1, -0.05) is 266 Å². The van der Waals surface area contributed by atoms with Gasteiger partial charge in [0.15, 0.2) is 6.10 Å². The monoisotopic (exact) mass is 877 g/mol. The van der Waals surface area contributed by atoms with Gasteiger partial charge in [0.2, 0.25) is 0 Å². The minimum absolute atomic E-state index is 0.0643. The molecule has 0 N–H and O–H groups in total. The van der Waals surface area contributed by atoms with Crippen LogP contribution in [0.3, 0.4) is 0 Å². The predicted molar refractivity (Wildman–Crippen MR) is 266 cm³/mol. The number of esters is 3. The van der Waals surface area contributed by atoms with E-state index in [-0.39, 0.29) is 31.1 Å². The van der Waals surface area contributed by atoms with E-state index >= 15 is 0 Å². The zero-order valence-electron chi connectivity index (χ0n) is 42.7. The van der Waals surface area contributed by atoms with Crippen molar-refractivity contribution >= 4 is 17.9 Å². The van der Waals surface area contributed by atoms with Crippen LogP contribution in [0.4, 0.5) is 0 Å². The first-order valence-corrected chi connectivity index (χ1v) is 27.6. The molecule has 0 aliphatic rings. The fraction of sp³-hybridized carbons (Fsp3) is 0.946. The Balaban J connectivity index is 4.26. The molecule has 6 nitrogen and oxygen atoms in total. The number of unbranched alkanes of at least 4 members (excludes halogenated alkanes) is 32. The van der Waals surface area contributed by atoms with Crippen LogP contribution in [0.15, 0.2) is 0 Å². The Hall–Kier alpha value is -1.59. The van der Waals surface area contributed by atoms with Crippen molar-refractivity contribution in [3.05, 3.63) is 0 Å². The maximum absolute atomic E-state index is 12.8. The highest BCUT2D eigenvalue weighted by Gasteiger charge is 2.19. The highest BCUT2D eigenvalue weighted by molar-refractivity contribution is 5.71. The van der Waals surface area contributed by atoms with Crippen LogP contribution in [0.25, 0.3) is 0 Å². The molecule has 0 unspecified atom stereocenters. The van der Waals surface area contributed by atoms with Gasteiger partial charge in [-0.2, -0.15) is 0 Å². The number of hydrogen-bond acceptors (Lipinski definition) is 6. The molecule has 0 saturated heterocycles. The van der Waals surface area contributed by atoms with E-state index in [2.05, 4.69) is 41.5 Å². The topological polar surface area (TPSA) is 78.9 Å². The third-order valence-electron chi connectivity index (χ3n) is 12.6. The van der Waals surface area contributed by atoms with Gasteiger partial charge in [0.05, 0.1) is 0 Å². The summed E-state index contributed by atoms with van der Waals surface area (Å²) in [6.07, 6.45) is 48.1. The Morgan fingerprint density at radius 1 is 0.274 bits per heavy atom. The molecule has 0 aromatic heterocycles. The molecule has 0 saturated carbocycles. The van der Waals surface area contributed by atoms with Gasteiger partial charge in [-0.05, 0) is 37.0 Å². The molecule has 0 spiro atoms. The van der Waals surface area contributed by atoms with Gasteiger partial charge in [0.25, 0.3) is 0 Å². The second-order valence-electron chi connectivity index (χ2n) is 20.6. The minimum atomic E-state index is -0.763. The van der Waals surface area contributed by atoms with Crippen LogP contribution in [0.2, 0.25) is 0 Å². The predicted octanol–water partition coefficient (Wildman–Crippen LogP) is 17.9. The summed E-state index contributed by atoms with van der Waals surface area (Å²) in [7, 11) is 0. The fourth-order valence-corrected chi connectivity index (χ4v) is 8.47. The van der Waals surface area contributed by atoms with Crippen LogP contribution in [0, 0.1) is 17.8 Å². The molecular formula is C56H108O6. The lowest BCUT2D eigenvalue weighted by Gasteiger charge is -2.18. The zero-order chi connectivity index (χ0) is 45.6. The van der Waals surface area contributed by atoms with Crippen molar-refractivity contribution < 1.29 is 28.6 Å². The summed E-state index contributed by atoms with van der Waals surface area (Å²) in [5.41, 5.74) is 0. The van der Waals surface area contributed by atoms with Crippen LogP contribution in [-0.4, -0.2) is 37.2 Å². The lowest BCUT2D eigenvalue weighted by Crippen LogP contribution is -2.30. The number of carbonyl (C=O) groups excluding carboxylic acids is 3. The molecule has 0 aromatic rings. The molecule has 0 aliphatic carbocycles. The number of hydrogen-bond donors (Lipinski definition) is 0. The van der Waals surface area contributed by atoms with E-state index in [1.165, 1.54) is 186 Å². The third-order valence-corrected chi connectivity index (χ3v) is 12.6. The van der Waals surface area contributed by atoms with Gasteiger partial charge in [0, 0.05) is 19.3 Å². The Bertz CT molecular complexity index is 960. The second kappa shape index (κ2) is 47.4. The largest absolute Gasteiger partial charge is 0.462 e. The van der Waals surface area contributed by atoms with Crippen LogP contribution in [0.5, 0.6) is 0 Å². The summed E-state index contributed by atoms with van der Waals surface area (Å²) in [6.45, 7) is 13.7. The van der Waals surface area contributed by atoms with E-state index in [1.54, 1.807) is 0 Å². The molecule has 0 aromatic carbocycles. The summed E-state index contributed by atoms with van der Waals surface area (Å²) in [4.78, 5) is 38.0. The van der Waals surface area contributed by atoms with E-state index in [1.807, 2.05) is 0 Å². The van der Waals surface area contributed by atoms with Crippen molar-refractivity contribution in [1.29, 1.82) is 0 Å². The molecule has 368 valence electrons. The summed E-state index contributed by atoms with van der Waals surface area (Å²) in [6, 6.07) is 0. The molecule has 0 radical (unpaired) electrons. The smallest absolute Gasteiger partial charge is 0.306 e. The van der Waals surface area contributed by atoms with Crippen LogP contribution < -0.4 is 0 Å². The van der Waals surface area contributed by atoms with E-state index in [4.69, 9.17) is 14.2 Å². The summed E-state index contributed by atoms with van der Waals surface area (Å²) < 4.78 is 16.8. The Labute approximate surface area is 387 Å². The SMILES string of the molecule is CC(C)CCCCCCCCCCCCCCCCCCC(=O)OC[C@H](COC(=O)CCCCCCCCCCC(C)C)OC(=O)CCCCCCCCCCCCCC(C)C. The number of rotatable bonds is 49. The zero-order valence-corrected chi connectivity index (χ0v) is 42.7. The van der Waals surface area contributed by atoms with Crippen molar-refractivity contribution in [2.24, 2.45) is 17.8 Å². The lowest BCUT2D eigenvalue weighted by atomic mass is 10.0. The van der Waals surface area contributed by atoms with Crippen molar-refractivity contribution in [3.63, 3.8) is 0 Å². The van der Waals surface area contributed by atoms with Crippen molar-refractivity contribution in [2.75, 3.05) is 13.2 Å². The highest BCUT2D eigenvalue weighted by atomic mass is 16.6. The first-order valence-electron chi connectivity index (χ1n) is 27.6. The molecule has 62 heavy (non-hydrogen) atoms. The molecule has 0 amide bonds. The van der Waals surface area contributed by atoms with Gasteiger partial charge in [-0.15, -0.1) is 0 Å². The number of carbonyl (C=O) groups is 3. The van der Waals surface area contributed by atoms with Crippen LogP contribution in [0.1, 0.15) is 305 Å². The van der Waals surface area contributed by atoms with E-state index < -0.39 is 6.10 Å². The van der Waals surface area contributed by atoms with Gasteiger partial charge < -0.3 is 14.2 Å². The van der Waals surface area contributed by atoms with Crippen LogP contribution >= 0.6 is 0 Å². The summed E-state index contributed by atoms with van der Waals surface area (Å²) >= 11 is 0. The van der Waals surface area contributed by atoms with Crippen molar-refractivity contribution in [1.82, 2.24) is 0 Å². The molecule has 0 rings (SSSR count). The quantitative estimate of drug-likeness (QED) is 0.0344. The maximum atomic E-state index is 12.8. The van der Waals surface area contributed by atoms with Gasteiger partial charge in [0.1, 0.15) is 13.2 Å². The summed E-state index contributed by atoms with van der Waals surface area (Å²) in [5.74, 6) is 1.62. The average molecular weight is 877 g/mol. The normalized spacial score (nSPS) is 12.1. The molecule has 6 heteroatoms. The maximum Gasteiger partial charge on any atom is 0.306 e. The summed E-state index contributed by atoms with van der Waals surface area (Å²) in [5, 5.41) is 0. The molecule has 0 aliphatic heterocycles. The standard InChI is InChI=1S/C56H108O6/c1-50(2)42-36-30-24-18-14-11-9-7-8-10-12-16-20-27-33-39-45-54(57)60-48-53(49-61-55(58)46-40-34-28-23-22-26-32-38-44-52(5)6)62-56(59)47-41-35-29-21-17-13-15-19-25-31-37-43-51(3)4/h50-53H,7-49H2,1-6H3/t53-/m1/s1. The first-order chi connectivity index (χ1) is 30.1. The molecule has 0 heterocycles.